The Hall–Kier alpha value is -1.98. The molecule has 3 N–H and O–H groups in total. The normalized spacial score (nSPS) is 11.1. The van der Waals surface area contributed by atoms with E-state index in [1.165, 1.54) is 10.7 Å². The van der Waals surface area contributed by atoms with Crippen LogP contribution in [0.5, 0.6) is 0 Å². The Balaban J connectivity index is 2.23. The molecule has 0 radical (unpaired) electrons. The van der Waals surface area contributed by atoms with E-state index in [0.29, 0.717) is 21.4 Å². The Morgan fingerprint density at radius 2 is 2.00 bits per heavy atom. The topological polar surface area (TPSA) is 76.2 Å². The molecule has 5 nitrogen and oxygen atoms in total. The van der Waals surface area contributed by atoms with Crippen LogP contribution in [0.1, 0.15) is 0 Å². The van der Waals surface area contributed by atoms with Crippen LogP contribution in [-0.4, -0.2) is 14.6 Å². The number of fused-ring (bicyclic) bond motifs is 1. The lowest BCUT2D eigenvalue weighted by Gasteiger charge is -2.00. The summed E-state index contributed by atoms with van der Waals surface area (Å²) < 4.78 is 1.28. The van der Waals surface area contributed by atoms with E-state index in [0.717, 1.165) is 5.56 Å². The van der Waals surface area contributed by atoms with Crippen molar-refractivity contribution in [3.63, 3.8) is 0 Å². The molecule has 0 spiro atoms. The molecule has 0 saturated carbocycles. The van der Waals surface area contributed by atoms with E-state index in [1.807, 2.05) is 0 Å². The molecule has 3 aromatic rings. The number of anilines is 1. The van der Waals surface area contributed by atoms with E-state index in [9.17, 15) is 4.79 Å². The third-order valence-electron chi connectivity index (χ3n) is 2.75. The Morgan fingerprint density at radius 1 is 1.21 bits per heavy atom. The highest BCUT2D eigenvalue weighted by Crippen LogP contribution is 2.27. The standard InChI is InChI=1S/C12H8Cl2N4O/c13-7-2-1-6(3-8(7)14)10-4-11-16-5-9(15)12(19)18(11)17-10/h1-5,17H,15H2. The zero-order valence-corrected chi connectivity index (χ0v) is 11.0. The van der Waals surface area contributed by atoms with Gasteiger partial charge in [-0.1, -0.05) is 29.3 Å². The van der Waals surface area contributed by atoms with Crippen LogP contribution in [0.2, 0.25) is 10.0 Å². The second-order valence-corrected chi connectivity index (χ2v) is 4.83. The molecule has 2 aromatic heterocycles. The van der Waals surface area contributed by atoms with Gasteiger partial charge >= 0.3 is 0 Å². The predicted molar refractivity (Wildman–Crippen MR) is 75.7 cm³/mol. The van der Waals surface area contributed by atoms with E-state index in [-0.39, 0.29) is 11.2 Å². The van der Waals surface area contributed by atoms with Crippen molar-refractivity contribution in [2.24, 2.45) is 0 Å². The highest BCUT2D eigenvalue weighted by molar-refractivity contribution is 6.42. The zero-order chi connectivity index (χ0) is 13.6. The predicted octanol–water partition coefficient (Wildman–Crippen LogP) is 2.58. The molecule has 3 rings (SSSR count). The number of rotatable bonds is 1. The molecule has 0 amide bonds. The van der Waals surface area contributed by atoms with E-state index >= 15 is 0 Å². The van der Waals surface area contributed by atoms with Gasteiger partial charge in [0.05, 0.1) is 21.9 Å². The number of nitrogens with two attached hydrogens (primary N) is 1. The van der Waals surface area contributed by atoms with Gasteiger partial charge in [-0.05, 0) is 12.1 Å². The van der Waals surface area contributed by atoms with Gasteiger partial charge in [-0.15, -0.1) is 0 Å². The summed E-state index contributed by atoms with van der Waals surface area (Å²) in [5.74, 6) is 0. The maximum absolute atomic E-state index is 11.8. The number of hydrogen-bond acceptors (Lipinski definition) is 3. The van der Waals surface area contributed by atoms with Gasteiger partial charge < -0.3 is 5.73 Å². The molecule has 0 fully saturated rings. The van der Waals surface area contributed by atoms with Crippen LogP contribution in [-0.2, 0) is 0 Å². The fraction of sp³-hybridized carbons (Fsp3) is 0. The number of benzene rings is 1. The molecule has 1 aromatic carbocycles. The fourth-order valence-corrected chi connectivity index (χ4v) is 2.08. The van der Waals surface area contributed by atoms with Crippen LogP contribution in [0, 0.1) is 0 Å². The first-order chi connectivity index (χ1) is 9.06. The summed E-state index contributed by atoms with van der Waals surface area (Å²) in [6.07, 6.45) is 1.34. The van der Waals surface area contributed by atoms with Crippen LogP contribution in [0.15, 0.2) is 35.3 Å². The van der Waals surface area contributed by atoms with Crippen LogP contribution in [0.3, 0.4) is 0 Å². The SMILES string of the molecule is Nc1cnc2cc(-c3ccc(Cl)c(Cl)c3)[nH]n2c1=O. The van der Waals surface area contributed by atoms with Gasteiger partial charge in [0.15, 0.2) is 5.65 Å². The number of hydrogen-bond donors (Lipinski definition) is 2. The minimum atomic E-state index is -0.337. The number of nitrogens with one attached hydrogen (secondary N) is 1. The summed E-state index contributed by atoms with van der Waals surface area (Å²) in [5.41, 5.74) is 7.26. The van der Waals surface area contributed by atoms with Crippen molar-refractivity contribution in [1.82, 2.24) is 14.6 Å². The summed E-state index contributed by atoms with van der Waals surface area (Å²) in [7, 11) is 0. The lowest BCUT2D eigenvalue weighted by atomic mass is 10.1. The Morgan fingerprint density at radius 3 is 2.74 bits per heavy atom. The van der Waals surface area contributed by atoms with E-state index in [4.69, 9.17) is 28.9 Å². The third kappa shape index (κ3) is 1.97. The van der Waals surface area contributed by atoms with Crippen LogP contribution < -0.4 is 11.3 Å². The average molecular weight is 295 g/mol. The van der Waals surface area contributed by atoms with Crippen molar-refractivity contribution in [2.45, 2.75) is 0 Å². The summed E-state index contributed by atoms with van der Waals surface area (Å²) in [5, 5.41) is 3.84. The minimum Gasteiger partial charge on any atom is -0.393 e. The van der Waals surface area contributed by atoms with Gasteiger partial charge in [0.2, 0.25) is 0 Å². The summed E-state index contributed by atoms with van der Waals surface area (Å²) in [4.78, 5) is 15.9. The summed E-state index contributed by atoms with van der Waals surface area (Å²) >= 11 is 11.8. The van der Waals surface area contributed by atoms with E-state index < -0.39 is 0 Å². The van der Waals surface area contributed by atoms with Crippen molar-refractivity contribution in [3.8, 4) is 11.3 Å². The zero-order valence-electron chi connectivity index (χ0n) is 9.52. The maximum Gasteiger partial charge on any atom is 0.295 e. The van der Waals surface area contributed by atoms with Gasteiger partial charge in [0, 0.05) is 11.6 Å². The monoisotopic (exact) mass is 294 g/mol. The third-order valence-corrected chi connectivity index (χ3v) is 3.49. The molecule has 0 unspecified atom stereocenters. The number of aromatic nitrogens is 3. The fourth-order valence-electron chi connectivity index (χ4n) is 1.79. The Bertz CT molecular complexity index is 837. The first-order valence-corrected chi connectivity index (χ1v) is 6.13. The number of nitrogen functional groups attached to an aromatic ring is 1. The maximum atomic E-state index is 11.8. The molecule has 19 heavy (non-hydrogen) atoms. The molecule has 0 aliphatic heterocycles. The number of nitrogens with zero attached hydrogens (tertiary/aromatic N) is 2. The Kier molecular flexibility index (Phi) is 2.73. The van der Waals surface area contributed by atoms with Gasteiger partial charge in [0.25, 0.3) is 5.56 Å². The number of H-pyrrole nitrogens is 1. The molecule has 0 bridgehead atoms. The minimum absolute atomic E-state index is 0.0834. The second kappa shape index (κ2) is 4.29. The molecular formula is C12H8Cl2N4O. The van der Waals surface area contributed by atoms with E-state index in [2.05, 4.69) is 10.1 Å². The summed E-state index contributed by atoms with van der Waals surface area (Å²) in [6.45, 7) is 0. The van der Waals surface area contributed by atoms with Gasteiger partial charge in [-0.25, -0.2) is 4.98 Å². The number of halogens is 2. The Labute approximate surface area is 117 Å². The van der Waals surface area contributed by atoms with Crippen LogP contribution in [0.25, 0.3) is 16.9 Å². The molecular weight excluding hydrogens is 287 g/mol. The average Bonchev–Trinajstić information content (AvgIpc) is 2.82. The molecule has 96 valence electrons. The molecule has 0 saturated heterocycles. The largest absolute Gasteiger partial charge is 0.393 e. The first kappa shape index (κ1) is 12.1. The smallest absolute Gasteiger partial charge is 0.295 e. The van der Waals surface area contributed by atoms with Crippen molar-refractivity contribution in [3.05, 3.63) is 50.9 Å². The lowest BCUT2D eigenvalue weighted by molar-refractivity contribution is 0.907. The van der Waals surface area contributed by atoms with Crippen molar-refractivity contribution >= 4 is 34.5 Å². The van der Waals surface area contributed by atoms with Crippen molar-refractivity contribution < 1.29 is 0 Å². The van der Waals surface area contributed by atoms with Gasteiger partial charge in [-0.3, -0.25) is 9.89 Å². The van der Waals surface area contributed by atoms with Crippen LogP contribution >= 0.6 is 23.2 Å². The van der Waals surface area contributed by atoms with Crippen molar-refractivity contribution in [1.29, 1.82) is 0 Å². The molecule has 2 heterocycles. The van der Waals surface area contributed by atoms with Gasteiger partial charge in [0.1, 0.15) is 5.69 Å². The molecule has 0 atom stereocenters. The first-order valence-electron chi connectivity index (χ1n) is 5.38. The highest BCUT2D eigenvalue weighted by atomic mass is 35.5. The highest BCUT2D eigenvalue weighted by Gasteiger charge is 2.08. The van der Waals surface area contributed by atoms with E-state index in [1.54, 1.807) is 24.3 Å². The summed E-state index contributed by atoms with van der Waals surface area (Å²) in [6, 6.07) is 6.94. The van der Waals surface area contributed by atoms with Gasteiger partial charge in [-0.2, -0.15) is 4.52 Å². The number of aromatic amines is 1. The second-order valence-electron chi connectivity index (χ2n) is 4.01. The van der Waals surface area contributed by atoms with Crippen molar-refractivity contribution in [2.75, 3.05) is 5.73 Å². The molecule has 7 heteroatoms. The quantitative estimate of drug-likeness (QED) is 0.724. The molecule has 0 aliphatic rings. The lowest BCUT2D eigenvalue weighted by Crippen LogP contribution is -2.18. The molecule has 0 aliphatic carbocycles. The van der Waals surface area contributed by atoms with Crippen LogP contribution in [0.4, 0.5) is 5.69 Å².